The molecule has 1 aromatic heterocycles. The number of carbonyl (C=O) groups excluding carboxylic acids is 1. The molecule has 0 saturated carbocycles. The first-order valence-electron chi connectivity index (χ1n) is 7.83. The molecule has 1 amide bonds. The van der Waals surface area contributed by atoms with Crippen LogP contribution in [0.3, 0.4) is 0 Å². The normalized spacial score (nSPS) is 16.1. The molecule has 0 bridgehead atoms. The number of morpholine rings is 1. The Hall–Kier alpha value is -1.85. The number of benzene rings is 1. The second-order valence-corrected chi connectivity index (χ2v) is 5.83. The van der Waals surface area contributed by atoms with E-state index in [1.807, 2.05) is 19.1 Å². The predicted octanol–water partition coefficient (Wildman–Crippen LogP) is 1.85. The molecular formula is C17H23N3O2. The average Bonchev–Trinajstić information content (AvgIpc) is 2.86. The lowest BCUT2D eigenvalue weighted by atomic mass is 10.1. The number of amides is 1. The van der Waals surface area contributed by atoms with Crippen LogP contribution in [-0.2, 0) is 4.74 Å². The van der Waals surface area contributed by atoms with Gasteiger partial charge in [0.2, 0.25) is 0 Å². The molecule has 22 heavy (non-hydrogen) atoms. The summed E-state index contributed by atoms with van der Waals surface area (Å²) in [5.41, 5.74) is 3.90. The van der Waals surface area contributed by atoms with Gasteiger partial charge in [-0.2, -0.15) is 0 Å². The van der Waals surface area contributed by atoms with Crippen molar-refractivity contribution in [3.8, 4) is 0 Å². The molecule has 0 atom stereocenters. The molecular weight excluding hydrogens is 278 g/mol. The Kier molecular flexibility index (Phi) is 4.45. The van der Waals surface area contributed by atoms with Gasteiger partial charge in [-0.25, -0.2) is 0 Å². The van der Waals surface area contributed by atoms with Crippen molar-refractivity contribution in [3.05, 3.63) is 35.0 Å². The number of aromatic amines is 1. The topological polar surface area (TPSA) is 57.4 Å². The van der Waals surface area contributed by atoms with Crippen molar-refractivity contribution in [2.75, 3.05) is 39.4 Å². The van der Waals surface area contributed by atoms with E-state index < -0.39 is 0 Å². The molecule has 2 N–H and O–H groups in total. The van der Waals surface area contributed by atoms with Crippen molar-refractivity contribution in [3.63, 3.8) is 0 Å². The summed E-state index contributed by atoms with van der Waals surface area (Å²) in [5, 5.41) is 4.04. The average molecular weight is 301 g/mol. The Balaban J connectivity index is 1.67. The van der Waals surface area contributed by atoms with Crippen molar-refractivity contribution in [1.29, 1.82) is 0 Å². The first kappa shape index (κ1) is 15.1. The lowest BCUT2D eigenvalue weighted by Crippen LogP contribution is -2.41. The number of H-pyrrole nitrogens is 1. The summed E-state index contributed by atoms with van der Waals surface area (Å²) in [4.78, 5) is 18.2. The number of hydrogen-bond donors (Lipinski definition) is 2. The monoisotopic (exact) mass is 301 g/mol. The van der Waals surface area contributed by atoms with Crippen LogP contribution < -0.4 is 5.32 Å². The Morgan fingerprint density at radius 3 is 2.86 bits per heavy atom. The molecule has 1 aliphatic heterocycles. The Morgan fingerprint density at radius 2 is 2.09 bits per heavy atom. The number of carbonyl (C=O) groups is 1. The van der Waals surface area contributed by atoms with Crippen LogP contribution in [0, 0.1) is 13.8 Å². The lowest BCUT2D eigenvalue weighted by Gasteiger charge is -2.26. The number of rotatable bonds is 4. The first-order chi connectivity index (χ1) is 10.7. The SMILES string of the molecule is Cc1[nH]c2c(C)cccc2c1C(=O)NCCN1CCOCC1. The number of nitrogens with zero attached hydrogens (tertiary/aromatic N) is 1. The van der Waals surface area contributed by atoms with Gasteiger partial charge < -0.3 is 15.0 Å². The van der Waals surface area contributed by atoms with Crippen molar-refractivity contribution in [2.45, 2.75) is 13.8 Å². The minimum atomic E-state index is 0.00242. The summed E-state index contributed by atoms with van der Waals surface area (Å²) in [6.07, 6.45) is 0. The van der Waals surface area contributed by atoms with E-state index in [4.69, 9.17) is 4.74 Å². The van der Waals surface area contributed by atoms with Gasteiger partial charge >= 0.3 is 0 Å². The number of aryl methyl sites for hydroxylation is 2. The molecule has 3 rings (SSSR count). The molecule has 1 aromatic carbocycles. The van der Waals surface area contributed by atoms with E-state index in [-0.39, 0.29) is 5.91 Å². The van der Waals surface area contributed by atoms with Crippen LogP contribution in [0.25, 0.3) is 10.9 Å². The number of ether oxygens (including phenoxy) is 1. The van der Waals surface area contributed by atoms with E-state index >= 15 is 0 Å². The summed E-state index contributed by atoms with van der Waals surface area (Å²) in [6, 6.07) is 6.05. The van der Waals surface area contributed by atoms with E-state index in [1.165, 1.54) is 0 Å². The molecule has 1 fully saturated rings. The summed E-state index contributed by atoms with van der Waals surface area (Å²) in [6.45, 7) is 9.01. The van der Waals surface area contributed by atoms with Crippen LogP contribution in [0.2, 0.25) is 0 Å². The maximum absolute atomic E-state index is 12.5. The number of nitrogens with one attached hydrogen (secondary N) is 2. The fraction of sp³-hybridized carbons (Fsp3) is 0.471. The van der Waals surface area contributed by atoms with E-state index in [2.05, 4.69) is 28.2 Å². The van der Waals surface area contributed by atoms with Crippen LogP contribution in [0.5, 0.6) is 0 Å². The summed E-state index contributed by atoms with van der Waals surface area (Å²) < 4.78 is 5.33. The van der Waals surface area contributed by atoms with Gasteiger partial charge in [-0.05, 0) is 19.4 Å². The molecule has 2 heterocycles. The maximum Gasteiger partial charge on any atom is 0.253 e. The zero-order valence-electron chi connectivity index (χ0n) is 13.2. The van der Waals surface area contributed by atoms with Crippen molar-refractivity contribution >= 4 is 16.8 Å². The van der Waals surface area contributed by atoms with E-state index in [0.29, 0.717) is 6.54 Å². The van der Waals surface area contributed by atoms with Crippen LogP contribution in [0.4, 0.5) is 0 Å². The minimum absolute atomic E-state index is 0.00242. The zero-order chi connectivity index (χ0) is 15.5. The fourth-order valence-electron chi connectivity index (χ4n) is 3.03. The fourth-order valence-corrected chi connectivity index (χ4v) is 3.03. The summed E-state index contributed by atoms with van der Waals surface area (Å²) in [5.74, 6) is 0.00242. The van der Waals surface area contributed by atoms with Gasteiger partial charge in [0, 0.05) is 42.8 Å². The minimum Gasteiger partial charge on any atom is -0.379 e. The van der Waals surface area contributed by atoms with Crippen molar-refractivity contribution < 1.29 is 9.53 Å². The van der Waals surface area contributed by atoms with Crippen LogP contribution in [0.1, 0.15) is 21.6 Å². The van der Waals surface area contributed by atoms with Gasteiger partial charge in [0.1, 0.15) is 0 Å². The van der Waals surface area contributed by atoms with Crippen molar-refractivity contribution in [2.24, 2.45) is 0 Å². The van der Waals surface area contributed by atoms with E-state index in [1.54, 1.807) is 0 Å². The quantitative estimate of drug-likeness (QED) is 0.906. The van der Waals surface area contributed by atoms with E-state index in [9.17, 15) is 4.79 Å². The molecule has 1 aliphatic rings. The highest BCUT2D eigenvalue weighted by Gasteiger charge is 2.17. The lowest BCUT2D eigenvalue weighted by molar-refractivity contribution is 0.0383. The number of fused-ring (bicyclic) bond motifs is 1. The molecule has 0 aliphatic carbocycles. The molecule has 0 unspecified atom stereocenters. The van der Waals surface area contributed by atoms with Crippen LogP contribution in [0.15, 0.2) is 18.2 Å². The maximum atomic E-state index is 12.5. The standard InChI is InChI=1S/C17H23N3O2/c1-12-4-3-5-14-15(13(2)19-16(12)14)17(21)18-6-7-20-8-10-22-11-9-20/h3-5,19H,6-11H2,1-2H3,(H,18,21). The number of para-hydroxylation sites is 1. The zero-order valence-corrected chi connectivity index (χ0v) is 13.2. The third kappa shape index (κ3) is 3.00. The summed E-state index contributed by atoms with van der Waals surface area (Å²) >= 11 is 0. The molecule has 0 radical (unpaired) electrons. The second kappa shape index (κ2) is 6.50. The van der Waals surface area contributed by atoms with E-state index in [0.717, 1.165) is 60.6 Å². The second-order valence-electron chi connectivity index (χ2n) is 5.83. The molecule has 5 nitrogen and oxygen atoms in total. The van der Waals surface area contributed by atoms with Gasteiger partial charge in [-0.3, -0.25) is 9.69 Å². The molecule has 0 spiro atoms. The molecule has 2 aromatic rings. The third-order valence-corrected chi connectivity index (χ3v) is 4.27. The number of hydrogen-bond acceptors (Lipinski definition) is 3. The first-order valence-corrected chi connectivity index (χ1v) is 7.83. The Bertz CT molecular complexity index is 672. The molecule has 5 heteroatoms. The predicted molar refractivity (Wildman–Crippen MR) is 87.4 cm³/mol. The van der Waals surface area contributed by atoms with Gasteiger partial charge in [0.05, 0.1) is 18.8 Å². The third-order valence-electron chi connectivity index (χ3n) is 4.27. The Morgan fingerprint density at radius 1 is 1.32 bits per heavy atom. The molecule has 1 saturated heterocycles. The highest BCUT2D eigenvalue weighted by Crippen LogP contribution is 2.24. The highest BCUT2D eigenvalue weighted by atomic mass is 16.5. The summed E-state index contributed by atoms with van der Waals surface area (Å²) in [7, 11) is 0. The number of aromatic nitrogens is 1. The van der Waals surface area contributed by atoms with Gasteiger partial charge in [-0.15, -0.1) is 0 Å². The largest absolute Gasteiger partial charge is 0.379 e. The van der Waals surface area contributed by atoms with Crippen molar-refractivity contribution in [1.82, 2.24) is 15.2 Å². The molecule has 118 valence electrons. The van der Waals surface area contributed by atoms with Gasteiger partial charge in [-0.1, -0.05) is 18.2 Å². The Labute approximate surface area is 130 Å². The van der Waals surface area contributed by atoms with Crippen LogP contribution >= 0.6 is 0 Å². The van der Waals surface area contributed by atoms with Crippen LogP contribution in [-0.4, -0.2) is 55.2 Å². The van der Waals surface area contributed by atoms with Gasteiger partial charge in [0.25, 0.3) is 5.91 Å². The van der Waals surface area contributed by atoms with Gasteiger partial charge in [0.15, 0.2) is 0 Å². The smallest absolute Gasteiger partial charge is 0.253 e. The highest BCUT2D eigenvalue weighted by molar-refractivity contribution is 6.08.